The maximum Gasteiger partial charge on any atom is 0.126 e. The third-order valence-electron chi connectivity index (χ3n) is 2.99. The first kappa shape index (κ1) is 15.4. The van der Waals surface area contributed by atoms with Crippen molar-refractivity contribution in [1.82, 2.24) is 0 Å². The van der Waals surface area contributed by atoms with E-state index in [1.807, 2.05) is 36.4 Å². The average molecular weight is 402 g/mol. The lowest BCUT2D eigenvalue weighted by Gasteiger charge is -2.17. The molecular formula is C15H14Br2O3. The number of benzene rings is 2. The van der Waals surface area contributed by atoms with Crippen molar-refractivity contribution >= 4 is 31.9 Å². The molecule has 2 aromatic carbocycles. The molecular weight excluding hydrogens is 388 g/mol. The fourth-order valence-electron chi connectivity index (χ4n) is 1.93. The van der Waals surface area contributed by atoms with Crippen LogP contribution < -0.4 is 9.47 Å². The van der Waals surface area contributed by atoms with Crippen LogP contribution in [-0.2, 0) is 0 Å². The third-order valence-corrected chi connectivity index (χ3v) is 4.17. The Morgan fingerprint density at radius 3 is 2.25 bits per heavy atom. The summed E-state index contributed by atoms with van der Waals surface area (Å²) in [6.07, 6.45) is -0.779. The van der Waals surface area contributed by atoms with E-state index >= 15 is 0 Å². The molecule has 5 heteroatoms. The van der Waals surface area contributed by atoms with E-state index < -0.39 is 6.10 Å². The number of halogens is 2. The van der Waals surface area contributed by atoms with Crippen molar-refractivity contribution in [1.29, 1.82) is 0 Å². The normalized spacial score (nSPS) is 12.1. The monoisotopic (exact) mass is 400 g/mol. The molecule has 0 saturated carbocycles. The Labute approximate surface area is 134 Å². The lowest BCUT2D eigenvalue weighted by molar-refractivity contribution is 0.214. The third kappa shape index (κ3) is 3.16. The van der Waals surface area contributed by atoms with Gasteiger partial charge in [-0.15, -0.1) is 0 Å². The van der Waals surface area contributed by atoms with Gasteiger partial charge in [-0.25, -0.2) is 0 Å². The minimum Gasteiger partial charge on any atom is -0.497 e. The number of hydrogen-bond donors (Lipinski definition) is 1. The highest BCUT2D eigenvalue weighted by Crippen LogP contribution is 2.36. The van der Waals surface area contributed by atoms with E-state index in [1.165, 1.54) is 0 Å². The molecule has 2 aromatic rings. The van der Waals surface area contributed by atoms with Crippen LogP contribution in [0.4, 0.5) is 0 Å². The largest absolute Gasteiger partial charge is 0.497 e. The zero-order valence-corrected chi connectivity index (χ0v) is 14.2. The van der Waals surface area contributed by atoms with E-state index in [2.05, 4.69) is 31.9 Å². The smallest absolute Gasteiger partial charge is 0.126 e. The van der Waals surface area contributed by atoms with Crippen molar-refractivity contribution in [2.24, 2.45) is 0 Å². The summed E-state index contributed by atoms with van der Waals surface area (Å²) in [6, 6.07) is 11.0. The maximum atomic E-state index is 10.6. The highest BCUT2D eigenvalue weighted by molar-refractivity contribution is 9.10. The fraction of sp³-hybridized carbons (Fsp3) is 0.200. The van der Waals surface area contributed by atoms with Gasteiger partial charge in [0, 0.05) is 14.5 Å². The van der Waals surface area contributed by atoms with E-state index in [-0.39, 0.29) is 0 Å². The average Bonchev–Trinajstić information content (AvgIpc) is 2.46. The van der Waals surface area contributed by atoms with Gasteiger partial charge in [0.25, 0.3) is 0 Å². The Kier molecular flexibility index (Phi) is 5.07. The van der Waals surface area contributed by atoms with Crippen molar-refractivity contribution in [3.63, 3.8) is 0 Å². The summed E-state index contributed by atoms with van der Waals surface area (Å²) in [6.45, 7) is 0. The molecule has 0 radical (unpaired) electrons. The maximum absolute atomic E-state index is 10.6. The number of aliphatic hydroxyl groups excluding tert-OH is 1. The molecule has 0 spiro atoms. The zero-order chi connectivity index (χ0) is 14.7. The van der Waals surface area contributed by atoms with Gasteiger partial charge in [-0.05, 0) is 29.8 Å². The van der Waals surface area contributed by atoms with E-state index in [1.54, 1.807) is 14.2 Å². The van der Waals surface area contributed by atoms with E-state index in [0.29, 0.717) is 11.3 Å². The molecule has 1 unspecified atom stereocenters. The van der Waals surface area contributed by atoms with Crippen molar-refractivity contribution in [2.75, 3.05) is 14.2 Å². The second kappa shape index (κ2) is 6.61. The summed E-state index contributed by atoms with van der Waals surface area (Å²) in [4.78, 5) is 0. The molecule has 1 atom stereocenters. The van der Waals surface area contributed by atoms with Crippen LogP contribution in [0, 0.1) is 0 Å². The lowest BCUT2D eigenvalue weighted by Crippen LogP contribution is -2.03. The molecule has 0 amide bonds. The zero-order valence-electron chi connectivity index (χ0n) is 11.1. The fourth-order valence-corrected chi connectivity index (χ4v) is 2.85. The van der Waals surface area contributed by atoms with Crippen molar-refractivity contribution in [2.45, 2.75) is 6.10 Å². The van der Waals surface area contributed by atoms with Gasteiger partial charge in [0.1, 0.15) is 17.6 Å². The van der Waals surface area contributed by atoms with Crippen molar-refractivity contribution in [3.8, 4) is 11.5 Å². The van der Waals surface area contributed by atoms with Crippen molar-refractivity contribution in [3.05, 3.63) is 56.5 Å². The number of aliphatic hydroxyl groups is 1. The summed E-state index contributed by atoms with van der Waals surface area (Å²) in [5, 5.41) is 10.6. The van der Waals surface area contributed by atoms with Gasteiger partial charge in [-0.2, -0.15) is 0 Å². The summed E-state index contributed by atoms with van der Waals surface area (Å²) in [5.41, 5.74) is 1.47. The molecule has 0 fully saturated rings. The van der Waals surface area contributed by atoms with Crippen molar-refractivity contribution < 1.29 is 14.6 Å². The molecule has 0 aliphatic heterocycles. The highest BCUT2D eigenvalue weighted by atomic mass is 79.9. The number of rotatable bonds is 4. The molecule has 20 heavy (non-hydrogen) atoms. The van der Waals surface area contributed by atoms with Crippen LogP contribution in [0.25, 0.3) is 0 Å². The van der Waals surface area contributed by atoms with Crippen LogP contribution in [0.15, 0.2) is 45.3 Å². The van der Waals surface area contributed by atoms with Gasteiger partial charge < -0.3 is 14.6 Å². The Morgan fingerprint density at radius 1 is 0.950 bits per heavy atom. The Bertz CT molecular complexity index is 614. The predicted octanol–water partition coefficient (Wildman–Crippen LogP) is 4.31. The highest BCUT2D eigenvalue weighted by Gasteiger charge is 2.18. The Morgan fingerprint density at radius 2 is 1.65 bits per heavy atom. The van der Waals surface area contributed by atoms with Gasteiger partial charge in [0.05, 0.1) is 14.2 Å². The molecule has 0 bridgehead atoms. The second-order valence-corrected chi connectivity index (χ2v) is 5.95. The molecule has 3 nitrogen and oxygen atoms in total. The summed E-state index contributed by atoms with van der Waals surface area (Å²) in [5.74, 6) is 1.37. The van der Waals surface area contributed by atoms with E-state index in [9.17, 15) is 5.11 Å². The molecule has 0 heterocycles. The molecule has 1 N–H and O–H groups in total. The number of hydrogen-bond acceptors (Lipinski definition) is 3. The molecule has 0 aliphatic rings. The van der Waals surface area contributed by atoms with Crippen LogP contribution in [0.2, 0.25) is 0 Å². The summed E-state index contributed by atoms with van der Waals surface area (Å²) < 4.78 is 12.2. The van der Waals surface area contributed by atoms with Gasteiger partial charge in [-0.1, -0.05) is 44.0 Å². The van der Waals surface area contributed by atoms with Gasteiger partial charge >= 0.3 is 0 Å². The van der Waals surface area contributed by atoms with Gasteiger partial charge in [0.15, 0.2) is 0 Å². The molecule has 2 rings (SSSR count). The predicted molar refractivity (Wildman–Crippen MR) is 85.4 cm³/mol. The van der Waals surface area contributed by atoms with Gasteiger partial charge in [0.2, 0.25) is 0 Å². The first-order valence-corrected chi connectivity index (χ1v) is 7.50. The van der Waals surface area contributed by atoms with E-state index in [4.69, 9.17) is 9.47 Å². The second-order valence-electron chi connectivity index (χ2n) is 4.18. The molecule has 0 aromatic heterocycles. The minimum atomic E-state index is -0.779. The van der Waals surface area contributed by atoms with Gasteiger partial charge in [-0.3, -0.25) is 0 Å². The van der Waals surface area contributed by atoms with Crippen LogP contribution in [0.5, 0.6) is 11.5 Å². The molecule has 0 aliphatic carbocycles. The first-order valence-electron chi connectivity index (χ1n) is 5.91. The topological polar surface area (TPSA) is 38.7 Å². The Hall–Kier alpha value is -1.04. The summed E-state index contributed by atoms with van der Waals surface area (Å²) >= 11 is 6.85. The van der Waals surface area contributed by atoms with Crippen LogP contribution >= 0.6 is 31.9 Å². The van der Waals surface area contributed by atoms with Crippen LogP contribution in [0.3, 0.4) is 0 Å². The molecule has 106 valence electrons. The van der Waals surface area contributed by atoms with E-state index in [0.717, 1.165) is 20.3 Å². The first-order chi connectivity index (χ1) is 9.56. The summed E-state index contributed by atoms with van der Waals surface area (Å²) in [7, 11) is 3.19. The van der Waals surface area contributed by atoms with Crippen LogP contribution in [0.1, 0.15) is 17.2 Å². The number of ether oxygens (including phenoxy) is 2. The minimum absolute atomic E-state index is 0.634. The lowest BCUT2D eigenvalue weighted by atomic mass is 10.0. The van der Waals surface area contributed by atoms with Crippen LogP contribution in [-0.4, -0.2) is 19.3 Å². The Balaban J connectivity index is 2.43. The molecule has 0 saturated heterocycles. The quantitative estimate of drug-likeness (QED) is 0.829. The SMILES string of the molecule is COc1ccc(C(O)c2ccc(Br)cc2OC)c(Br)c1. The standard InChI is InChI=1S/C15H14Br2O3/c1-19-10-4-6-11(13(17)8-10)15(18)12-5-3-9(16)7-14(12)20-2/h3-8,15,18H,1-2H3. The number of methoxy groups -OCH3 is 2.